The van der Waals surface area contributed by atoms with Crippen molar-refractivity contribution in [3.63, 3.8) is 0 Å². The molecule has 2 rings (SSSR count). The minimum absolute atomic E-state index is 0.0871. The van der Waals surface area contributed by atoms with E-state index in [1.165, 1.54) is 7.11 Å². The van der Waals surface area contributed by atoms with Crippen LogP contribution in [0.1, 0.15) is 27.7 Å². The predicted molar refractivity (Wildman–Crippen MR) is 67.7 cm³/mol. The number of methoxy groups -OCH3 is 1. The SMILES string of the molecule is COC(=O)[C@H]1[C@H](C)ON2[C@H]1C(=O)N(C)[C@@]2(C)C(C)C. The highest BCUT2D eigenvalue weighted by atomic mass is 16.7. The molecule has 0 aromatic carbocycles. The predicted octanol–water partition coefficient (Wildman–Crippen LogP) is 0.624. The lowest BCUT2D eigenvalue weighted by atomic mass is 9.95. The number of ether oxygens (including phenoxy) is 1. The van der Waals surface area contributed by atoms with Gasteiger partial charge in [0.1, 0.15) is 17.6 Å². The molecule has 2 aliphatic rings. The van der Waals surface area contributed by atoms with E-state index >= 15 is 0 Å². The van der Waals surface area contributed by atoms with E-state index in [2.05, 4.69) is 0 Å². The van der Waals surface area contributed by atoms with Crippen molar-refractivity contribution < 1.29 is 19.2 Å². The number of likely N-dealkylation sites (N-methyl/N-ethyl adjacent to an activating group) is 1. The van der Waals surface area contributed by atoms with Crippen LogP contribution in [0.2, 0.25) is 0 Å². The summed E-state index contributed by atoms with van der Waals surface area (Å²) < 4.78 is 4.81. The van der Waals surface area contributed by atoms with Gasteiger partial charge in [-0.25, -0.2) is 0 Å². The van der Waals surface area contributed by atoms with Crippen LogP contribution >= 0.6 is 0 Å². The molecule has 2 saturated heterocycles. The number of amides is 1. The number of hydroxylamine groups is 2. The molecule has 0 spiro atoms. The highest BCUT2D eigenvalue weighted by molar-refractivity contribution is 5.91. The lowest BCUT2D eigenvalue weighted by Crippen LogP contribution is -2.53. The summed E-state index contributed by atoms with van der Waals surface area (Å²) >= 11 is 0. The molecule has 0 radical (unpaired) electrons. The lowest BCUT2D eigenvalue weighted by molar-refractivity contribution is -0.234. The molecule has 6 heteroatoms. The normalized spacial score (nSPS) is 39.0. The largest absolute Gasteiger partial charge is 0.469 e. The third-order valence-corrected chi connectivity index (χ3v) is 4.65. The average Bonchev–Trinajstić information content (AvgIpc) is 2.79. The molecule has 2 aliphatic heterocycles. The molecule has 0 N–H and O–H groups in total. The Morgan fingerprint density at radius 1 is 1.47 bits per heavy atom. The van der Waals surface area contributed by atoms with Crippen LogP contribution < -0.4 is 0 Å². The average molecular weight is 270 g/mol. The lowest BCUT2D eigenvalue weighted by Gasteiger charge is -2.41. The second-order valence-electron chi connectivity index (χ2n) is 5.78. The Balaban J connectivity index is 2.42. The van der Waals surface area contributed by atoms with E-state index < -0.39 is 23.6 Å². The van der Waals surface area contributed by atoms with Crippen molar-refractivity contribution in [2.45, 2.75) is 45.5 Å². The molecule has 0 aromatic rings. The van der Waals surface area contributed by atoms with Crippen LogP contribution in [0.3, 0.4) is 0 Å². The first-order chi connectivity index (χ1) is 8.76. The fraction of sp³-hybridized carbons (Fsp3) is 0.846. The molecule has 0 bridgehead atoms. The minimum Gasteiger partial charge on any atom is -0.469 e. The molecular weight excluding hydrogens is 248 g/mol. The van der Waals surface area contributed by atoms with E-state index in [9.17, 15) is 9.59 Å². The van der Waals surface area contributed by atoms with Gasteiger partial charge in [-0.05, 0) is 19.8 Å². The maximum absolute atomic E-state index is 12.5. The van der Waals surface area contributed by atoms with Gasteiger partial charge in [0.2, 0.25) is 5.91 Å². The van der Waals surface area contributed by atoms with Crippen molar-refractivity contribution >= 4 is 11.9 Å². The minimum atomic E-state index is -0.583. The Morgan fingerprint density at radius 3 is 2.53 bits per heavy atom. The fourth-order valence-corrected chi connectivity index (χ4v) is 3.02. The van der Waals surface area contributed by atoms with E-state index in [1.54, 1.807) is 23.9 Å². The molecule has 0 saturated carbocycles. The number of fused-ring (bicyclic) bond motifs is 1. The van der Waals surface area contributed by atoms with E-state index in [0.717, 1.165) is 0 Å². The van der Waals surface area contributed by atoms with Crippen molar-refractivity contribution in [2.24, 2.45) is 11.8 Å². The van der Waals surface area contributed by atoms with Gasteiger partial charge in [-0.3, -0.25) is 14.4 Å². The Hall–Kier alpha value is -1.14. The van der Waals surface area contributed by atoms with Crippen LogP contribution in [0.5, 0.6) is 0 Å². The van der Waals surface area contributed by atoms with Gasteiger partial charge in [0.05, 0.1) is 13.2 Å². The molecule has 6 nitrogen and oxygen atoms in total. The van der Waals surface area contributed by atoms with Gasteiger partial charge in [0, 0.05) is 7.05 Å². The molecule has 2 heterocycles. The quantitative estimate of drug-likeness (QED) is 0.689. The van der Waals surface area contributed by atoms with Crippen molar-refractivity contribution in [2.75, 3.05) is 14.2 Å². The molecular formula is C13H22N2O4. The number of nitrogens with zero attached hydrogens (tertiary/aromatic N) is 2. The summed E-state index contributed by atoms with van der Waals surface area (Å²) in [4.78, 5) is 31.9. The number of carbonyl (C=O) groups is 2. The summed E-state index contributed by atoms with van der Waals surface area (Å²) in [6.07, 6.45) is -0.354. The smallest absolute Gasteiger partial charge is 0.313 e. The summed E-state index contributed by atoms with van der Waals surface area (Å²) in [6, 6.07) is -0.583. The van der Waals surface area contributed by atoms with Crippen LogP contribution in [-0.2, 0) is 19.2 Å². The summed E-state index contributed by atoms with van der Waals surface area (Å²) in [6.45, 7) is 7.83. The van der Waals surface area contributed by atoms with E-state index in [0.29, 0.717) is 0 Å². The maximum Gasteiger partial charge on any atom is 0.313 e. The first-order valence-corrected chi connectivity index (χ1v) is 6.58. The van der Waals surface area contributed by atoms with Crippen LogP contribution in [0.4, 0.5) is 0 Å². The summed E-state index contributed by atoms with van der Waals surface area (Å²) in [5.41, 5.74) is -0.543. The van der Waals surface area contributed by atoms with E-state index in [4.69, 9.17) is 9.57 Å². The summed E-state index contributed by atoms with van der Waals surface area (Å²) in [5.74, 6) is -0.874. The zero-order valence-electron chi connectivity index (χ0n) is 12.3. The van der Waals surface area contributed by atoms with Gasteiger partial charge in [-0.1, -0.05) is 13.8 Å². The van der Waals surface area contributed by atoms with Crippen LogP contribution in [0.15, 0.2) is 0 Å². The van der Waals surface area contributed by atoms with Crippen molar-refractivity contribution in [1.29, 1.82) is 0 Å². The van der Waals surface area contributed by atoms with Gasteiger partial charge in [0.15, 0.2) is 0 Å². The zero-order valence-corrected chi connectivity index (χ0v) is 12.3. The monoisotopic (exact) mass is 270 g/mol. The fourth-order valence-electron chi connectivity index (χ4n) is 3.02. The molecule has 4 atom stereocenters. The summed E-state index contributed by atoms with van der Waals surface area (Å²) in [5, 5.41) is 1.69. The molecule has 0 aromatic heterocycles. The number of hydrogen-bond donors (Lipinski definition) is 0. The molecule has 19 heavy (non-hydrogen) atoms. The van der Waals surface area contributed by atoms with Gasteiger partial charge in [0.25, 0.3) is 0 Å². The second kappa shape index (κ2) is 4.45. The Labute approximate surface area is 113 Å². The third kappa shape index (κ3) is 1.70. The standard InChI is InChI=1S/C13H22N2O4/c1-7(2)13(4)14(5)11(16)10-9(12(17)18-6)8(3)19-15(10)13/h7-10H,1-6H3/t8-,9-,10+,13+/m0/s1. The highest BCUT2D eigenvalue weighted by Crippen LogP contribution is 2.45. The Kier molecular flexibility index (Phi) is 3.35. The van der Waals surface area contributed by atoms with Crippen molar-refractivity contribution in [3.8, 4) is 0 Å². The number of carbonyl (C=O) groups excluding carboxylic acids is 2. The van der Waals surface area contributed by atoms with Crippen LogP contribution in [0.25, 0.3) is 0 Å². The van der Waals surface area contributed by atoms with Gasteiger partial charge < -0.3 is 9.64 Å². The molecule has 0 unspecified atom stereocenters. The number of hydrogen-bond acceptors (Lipinski definition) is 5. The number of rotatable bonds is 2. The van der Waals surface area contributed by atoms with Crippen LogP contribution in [-0.4, -0.2) is 53.8 Å². The highest BCUT2D eigenvalue weighted by Gasteiger charge is 2.64. The van der Waals surface area contributed by atoms with Gasteiger partial charge in [-0.15, -0.1) is 5.06 Å². The first-order valence-electron chi connectivity index (χ1n) is 6.58. The topological polar surface area (TPSA) is 59.1 Å². The number of esters is 1. The molecule has 1 amide bonds. The molecule has 0 aliphatic carbocycles. The zero-order chi connectivity index (χ0) is 14.5. The van der Waals surface area contributed by atoms with Crippen LogP contribution in [0, 0.1) is 11.8 Å². The molecule has 2 fully saturated rings. The maximum atomic E-state index is 12.5. The van der Waals surface area contributed by atoms with E-state index in [1.807, 2.05) is 20.8 Å². The Bertz CT molecular complexity index is 411. The van der Waals surface area contributed by atoms with Gasteiger partial charge in [-0.2, -0.15) is 0 Å². The second-order valence-corrected chi connectivity index (χ2v) is 5.78. The summed E-state index contributed by atoms with van der Waals surface area (Å²) in [7, 11) is 3.09. The van der Waals surface area contributed by atoms with Gasteiger partial charge >= 0.3 is 5.97 Å². The van der Waals surface area contributed by atoms with Crippen molar-refractivity contribution in [1.82, 2.24) is 9.96 Å². The van der Waals surface area contributed by atoms with E-state index in [-0.39, 0.29) is 17.9 Å². The van der Waals surface area contributed by atoms with Crippen molar-refractivity contribution in [3.05, 3.63) is 0 Å². The third-order valence-electron chi connectivity index (χ3n) is 4.65. The molecule has 108 valence electrons. The Morgan fingerprint density at radius 2 is 2.05 bits per heavy atom. The first kappa shape index (κ1) is 14.3.